The summed E-state index contributed by atoms with van der Waals surface area (Å²) in [6.45, 7) is 3.70. The number of nitrogens with one attached hydrogen (secondary N) is 1. The molecule has 0 radical (unpaired) electrons. The summed E-state index contributed by atoms with van der Waals surface area (Å²) in [4.78, 5) is 1.95. The number of hydrogen-bond acceptors (Lipinski definition) is 4. The Morgan fingerprint density at radius 3 is 2.64 bits per heavy atom. The van der Waals surface area contributed by atoms with E-state index in [1.165, 1.54) is 18.9 Å². The summed E-state index contributed by atoms with van der Waals surface area (Å²) in [7, 11) is -4.21. The van der Waals surface area contributed by atoms with E-state index in [1.54, 1.807) is 12.1 Å². The molecule has 1 saturated carbocycles. The molecule has 2 aliphatic carbocycles. The fourth-order valence-electron chi connectivity index (χ4n) is 5.52. The van der Waals surface area contributed by atoms with E-state index in [4.69, 9.17) is 0 Å². The molecule has 5 nitrogen and oxygen atoms in total. The molecule has 2 aromatic rings. The molecule has 2 bridgehead atoms. The van der Waals surface area contributed by atoms with Gasteiger partial charge in [-0.25, -0.2) is 13.1 Å². The van der Waals surface area contributed by atoms with Crippen LogP contribution in [0.4, 0.5) is 13.2 Å². The van der Waals surface area contributed by atoms with Crippen molar-refractivity contribution in [1.82, 2.24) is 9.62 Å². The van der Waals surface area contributed by atoms with Crippen LogP contribution < -0.4 is 4.72 Å². The number of alkyl halides is 3. The monoisotopic (exact) mass is 480 g/mol. The first-order valence-corrected chi connectivity index (χ1v) is 12.7. The van der Waals surface area contributed by atoms with Gasteiger partial charge in [-0.05, 0) is 79.6 Å². The zero-order valence-electron chi connectivity index (χ0n) is 18.3. The molecule has 1 aliphatic heterocycles. The zero-order valence-corrected chi connectivity index (χ0v) is 19.1. The van der Waals surface area contributed by atoms with Crippen LogP contribution in [0.15, 0.2) is 47.4 Å². The molecule has 0 amide bonds. The number of likely N-dealkylation sites (tertiary alicyclic amines) is 1. The normalized spacial score (nSPS) is 27.9. The number of aromatic hydroxyl groups is 1. The molecular weight excluding hydrogens is 453 g/mol. The predicted octanol–water partition coefficient (Wildman–Crippen LogP) is 4.06. The van der Waals surface area contributed by atoms with E-state index in [0.717, 1.165) is 36.3 Å². The number of fused-ring (bicyclic) bond motifs is 4. The van der Waals surface area contributed by atoms with Crippen LogP contribution in [0.2, 0.25) is 0 Å². The van der Waals surface area contributed by atoms with Crippen LogP contribution in [0.1, 0.15) is 42.9 Å². The van der Waals surface area contributed by atoms with Gasteiger partial charge in [0.15, 0.2) is 0 Å². The molecular formula is C24H27F3N2O3S. The van der Waals surface area contributed by atoms with Crippen molar-refractivity contribution < 1.29 is 26.7 Å². The molecule has 1 saturated heterocycles. The number of rotatable bonds is 5. The van der Waals surface area contributed by atoms with Crippen LogP contribution >= 0.6 is 0 Å². The van der Waals surface area contributed by atoms with Gasteiger partial charge in [-0.2, -0.15) is 13.2 Å². The highest BCUT2D eigenvalue weighted by Crippen LogP contribution is 2.47. The molecule has 178 valence electrons. The highest BCUT2D eigenvalue weighted by molar-refractivity contribution is 7.89. The second-order valence-electron chi connectivity index (χ2n) is 9.84. The van der Waals surface area contributed by atoms with Gasteiger partial charge in [-0.15, -0.1) is 0 Å². The molecule has 3 unspecified atom stereocenters. The van der Waals surface area contributed by atoms with Gasteiger partial charge in [-0.3, -0.25) is 4.90 Å². The fraction of sp³-hybridized carbons (Fsp3) is 0.500. The summed E-state index contributed by atoms with van der Waals surface area (Å²) in [5.41, 5.74) is 0.397. The topological polar surface area (TPSA) is 69.6 Å². The number of piperidine rings is 1. The lowest BCUT2D eigenvalue weighted by Gasteiger charge is -2.55. The minimum atomic E-state index is -4.63. The summed E-state index contributed by atoms with van der Waals surface area (Å²) in [5, 5.41) is 10.1. The molecule has 3 atom stereocenters. The van der Waals surface area contributed by atoms with Gasteiger partial charge in [0, 0.05) is 24.0 Å². The van der Waals surface area contributed by atoms with Gasteiger partial charge in [0.2, 0.25) is 10.0 Å². The molecule has 2 fully saturated rings. The van der Waals surface area contributed by atoms with E-state index in [2.05, 4.69) is 9.62 Å². The minimum Gasteiger partial charge on any atom is -0.508 e. The Morgan fingerprint density at radius 1 is 1.18 bits per heavy atom. The van der Waals surface area contributed by atoms with Crippen molar-refractivity contribution in [2.75, 3.05) is 13.1 Å². The van der Waals surface area contributed by atoms with Crippen molar-refractivity contribution in [2.24, 2.45) is 5.92 Å². The van der Waals surface area contributed by atoms with Gasteiger partial charge in [-0.1, -0.05) is 19.1 Å². The van der Waals surface area contributed by atoms with Crippen molar-refractivity contribution >= 4 is 10.0 Å². The average Bonchev–Trinajstić information content (AvgIpc) is 3.56. The first kappa shape index (κ1) is 22.7. The first-order valence-electron chi connectivity index (χ1n) is 11.2. The van der Waals surface area contributed by atoms with Gasteiger partial charge in [0.1, 0.15) is 5.75 Å². The third kappa shape index (κ3) is 4.15. The predicted molar refractivity (Wildman–Crippen MR) is 117 cm³/mol. The maximum Gasteiger partial charge on any atom is 0.416 e. The Hall–Kier alpha value is -2.10. The molecule has 0 spiro atoms. The van der Waals surface area contributed by atoms with Crippen molar-refractivity contribution in [2.45, 2.75) is 61.2 Å². The Morgan fingerprint density at radius 2 is 1.94 bits per heavy atom. The maximum atomic E-state index is 13.3. The lowest BCUT2D eigenvalue weighted by molar-refractivity contribution is -0.137. The highest BCUT2D eigenvalue weighted by Gasteiger charge is 2.52. The quantitative estimate of drug-likeness (QED) is 0.678. The fourth-order valence-corrected chi connectivity index (χ4v) is 6.95. The van der Waals surface area contributed by atoms with E-state index in [9.17, 15) is 26.7 Å². The van der Waals surface area contributed by atoms with Gasteiger partial charge in [0.25, 0.3) is 0 Å². The number of halogens is 3. The second kappa shape index (κ2) is 7.71. The van der Waals surface area contributed by atoms with Crippen LogP contribution in [-0.4, -0.2) is 43.6 Å². The molecule has 33 heavy (non-hydrogen) atoms. The number of phenolic OH excluding ortho intramolecular Hbond substituents is 1. The van der Waals surface area contributed by atoms with Gasteiger partial charge in [0.05, 0.1) is 10.5 Å². The lowest BCUT2D eigenvalue weighted by Crippen LogP contribution is -2.67. The lowest BCUT2D eigenvalue weighted by atomic mass is 9.62. The summed E-state index contributed by atoms with van der Waals surface area (Å²) in [5.74, 6) is 0.740. The third-order valence-electron chi connectivity index (χ3n) is 7.54. The minimum absolute atomic E-state index is 0.109. The molecule has 9 heteroatoms. The maximum absolute atomic E-state index is 13.3. The SMILES string of the molecule is CC12CCN(CC3CC3)C(Cc3ccc(O)cc31)C2NS(=O)(=O)c1cccc(C(F)(F)F)c1. The second-order valence-corrected chi connectivity index (χ2v) is 11.6. The molecule has 0 aromatic heterocycles. The van der Waals surface area contributed by atoms with E-state index in [1.807, 2.05) is 13.0 Å². The number of nitrogens with zero attached hydrogens (tertiary/aromatic N) is 1. The van der Waals surface area contributed by atoms with Crippen LogP contribution in [-0.2, 0) is 28.0 Å². The smallest absolute Gasteiger partial charge is 0.416 e. The third-order valence-corrected chi connectivity index (χ3v) is 8.98. The van der Waals surface area contributed by atoms with Crippen molar-refractivity contribution in [3.05, 3.63) is 59.2 Å². The number of benzene rings is 2. The van der Waals surface area contributed by atoms with Crippen LogP contribution in [0.3, 0.4) is 0 Å². The Balaban J connectivity index is 1.54. The zero-order chi connectivity index (χ0) is 23.6. The van der Waals surface area contributed by atoms with Crippen molar-refractivity contribution in [3.8, 4) is 5.75 Å². The standard InChI is InChI=1S/C24H27F3N2O3S/c1-23-9-10-29(14-15-5-6-15)21(11-16-7-8-18(30)13-20(16)23)22(23)28-33(31,32)19-4-2-3-17(12-19)24(25,26)27/h2-4,7-8,12-13,15,21-22,28,30H,5-6,9-11,14H2,1H3. The van der Waals surface area contributed by atoms with Crippen molar-refractivity contribution in [1.29, 1.82) is 0 Å². The Bertz CT molecular complexity index is 1180. The molecule has 3 aliphatic rings. The van der Waals surface area contributed by atoms with Gasteiger partial charge < -0.3 is 5.11 Å². The van der Waals surface area contributed by atoms with Crippen LogP contribution in [0.5, 0.6) is 5.75 Å². The molecule has 1 heterocycles. The van der Waals surface area contributed by atoms with E-state index < -0.39 is 38.1 Å². The van der Waals surface area contributed by atoms with E-state index in [0.29, 0.717) is 24.8 Å². The summed E-state index contributed by atoms with van der Waals surface area (Å²) in [6, 6.07) is 8.48. The van der Waals surface area contributed by atoms with Crippen LogP contribution in [0.25, 0.3) is 0 Å². The van der Waals surface area contributed by atoms with Crippen molar-refractivity contribution in [3.63, 3.8) is 0 Å². The van der Waals surface area contributed by atoms with E-state index in [-0.39, 0.29) is 11.8 Å². The summed E-state index contributed by atoms with van der Waals surface area (Å²) in [6.07, 6.45) is -0.982. The number of phenols is 1. The summed E-state index contributed by atoms with van der Waals surface area (Å²) < 4.78 is 69.1. The largest absolute Gasteiger partial charge is 0.508 e. The molecule has 2 N–H and O–H groups in total. The Labute approximate surface area is 191 Å². The molecule has 2 aromatic carbocycles. The Kier molecular flexibility index (Phi) is 5.30. The summed E-state index contributed by atoms with van der Waals surface area (Å²) >= 11 is 0. The average molecular weight is 481 g/mol. The van der Waals surface area contributed by atoms with Gasteiger partial charge >= 0.3 is 6.18 Å². The highest BCUT2D eigenvalue weighted by atomic mass is 32.2. The first-order chi connectivity index (χ1) is 15.5. The number of sulfonamides is 1. The number of hydrogen-bond donors (Lipinski definition) is 2. The molecule has 5 rings (SSSR count). The van der Waals surface area contributed by atoms with Crippen LogP contribution in [0, 0.1) is 5.92 Å². The van der Waals surface area contributed by atoms with E-state index >= 15 is 0 Å².